The van der Waals surface area contributed by atoms with E-state index in [0.29, 0.717) is 23.5 Å². The van der Waals surface area contributed by atoms with Crippen LogP contribution in [0.1, 0.15) is 56.1 Å². The molecule has 1 aromatic rings. The molecule has 124 valence electrons. The Kier molecular flexibility index (Phi) is 3.66. The molecule has 0 aromatic heterocycles. The highest BCUT2D eigenvalue weighted by Crippen LogP contribution is 2.64. The summed E-state index contributed by atoms with van der Waals surface area (Å²) in [5.74, 6) is 2.26. The monoisotopic (exact) mass is 376 g/mol. The maximum atomic E-state index is 11.2. The first-order chi connectivity index (χ1) is 11.0. The zero-order chi connectivity index (χ0) is 16.2. The quantitative estimate of drug-likeness (QED) is 0.732. The van der Waals surface area contributed by atoms with Gasteiger partial charge in [0, 0.05) is 5.41 Å². The van der Waals surface area contributed by atoms with Crippen LogP contribution >= 0.6 is 15.9 Å². The number of fused-ring (bicyclic) bond motifs is 5. The Morgan fingerprint density at radius 2 is 2.04 bits per heavy atom. The Labute approximate surface area is 146 Å². The number of hydrogen-bond donors (Lipinski definition) is 2. The van der Waals surface area contributed by atoms with E-state index in [2.05, 4.69) is 28.9 Å². The topological polar surface area (TPSA) is 40.5 Å². The van der Waals surface area contributed by atoms with Crippen molar-refractivity contribution in [2.75, 3.05) is 0 Å². The van der Waals surface area contributed by atoms with Gasteiger partial charge in [0.05, 0.1) is 5.60 Å². The van der Waals surface area contributed by atoms with Crippen molar-refractivity contribution in [1.29, 1.82) is 0 Å². The zero-order valence-electron chi connectivity index (χ0n) is 13.6. The van der Waals surface area contributed by atoms with Crippen molar-refractivity contribution in [3.63, 3.8) is 0 Å². The van der Waals surface area contributed by atoms with Crippen LogP contribution in [0.4, 0.5) is 0 Å². The van der Waals surface area contributed by atoms with E-state index in [9.17, 15) is 10.2 Å². The molecule has 3 aliphatic carbocycles. The van der Waals surface area contributed by atoms with Crippen LogP contribution in [0.15, 0.2) is 29.3 Å². The molecule has 2 N–H and O–H groups in total. The van der Waals surface area contributed by atoms with Gasteiger partial charge in [0.15, 0.2) is 0 Å². The number of halogens is 1. The van der Waals surface area contributed by atoms with Gasteiger partial charge in [-0.2, -0.15) is 0 Å². The van der Waals surface area contributed by atoms with Crippen molar-refractivity contribution in [1.82, 2.24) is 0 Å². The van der Waals surface area contributed by atoms with E-state index in [4.69, 9.17) is 0 Å². The van der Waals surface area contributed by atoms with Crippen LogP contribution in [-0.4, -0.2) is 15.8 Å². The van der Waals surface area contributed by atoms with Crippen molar-refractivity contribution in [2.24, 2.45) is 17.3 Å². The van der Waals surface area contributed by atoms with Gasteiger partial charge in [0.25, 0.3) is 0 Å². The summed E-state index contributed by atoms with van der Waals surface area (Å²) in [4.78, 5) is 1.84. The number of aliphatic hydroxyl groups is 1. The highest BCUT2D eigenvalue weighted by molar-refractivity contribution is 9.11. The summed E-state index contributed by atoms with van der Waals surface area (Å²) in [5, 5.41) is 21.0. The Morgan fingerprint density at radius 1 is 1.22 bits per heavy atom. The average molecular weight is 377 g/mol. The average Bonchev–Trinajstić information content (AvgIpc) is 2.79. The number of phenols is 1. The summed E-state index contributed by atoms with van der Waals surface area (Å²) in [6.07, 6.45) is 8.45. The van der Waals surface area contributed by atoms with Gasteiger partial charge in [0.2, 0.25) is 0 Å². The number of aryl methyl sites for hydroxylation is 1. The lowest BCUT2D eigenvalue weighted by Crippen LogP contribution is -2.49. The maximum Gasteiger partial charge on any atom is 0.115 e. The molecule has 0 spiro atoms. The van der Waals surface area contributed by atoms with Crippen LogP contribution in [-0.2, 0) is 6.42 Å². The molecule has 5 atom stereocenters. The predicted molar refractivity (Wildman–Crippen MR) is 95.7 cm³/mol. The minimum absolute atomic E-state index is 0.00708. The van der Waals surface area contributed by atoms with Crippen LogP contribution in [0, 0.1) is 17.3 Å². The maximum absolute atomic E-state index is 11.2. The fourth-order valence-corrected chi connectivity index (χ4v) is 6.44. The lowest BCUT2D eigenvalue weighted by Gasteiger charge is -2.52. The van der Waals surface area contributed by atoms with Gasteiger partial charge in [-0.1, -0.05) is 28.9 Å². The van der Waals surface area contributed by atoms with Crippen molar-refractivity contribution in [3.05, 3.63) is 40.4 Å². The van der Waals surface area contributed by atoms with Crippen molar-refractivity contribution in [3.8, 4) is 5.75 Å². The Balaban J connectivity index is 1.70. The second-order valence-corrected chi connectivity index (χ2v) is 8.54. The zero-order valence-corrected chi connectivity index (χ0v) is 15.2. The SMILES string of the molecule is C[C@]12CC[C@@H]3c4ccc(O)cc4CC[C@H]3[C@@H]1CC[C@]2(O)/C=C/Br. The highest BCUT2D eigenvalue weighted by atomic mass is 79.9. The third-order valence-corrected chi connectivity index (χ3v) is 7.53. The smallest absolute Gasteiger partial charge is 0.115 e. The summed E-state index contributed by atoms with van der Waals surface area (Å²) in [5.41, 5.74) is 2.12. The fraction of sp³-hybridized carbons (Fsp3) is 0.600. The predicted octanol–water partition coefficient (Wildman–Crippen LogP) is 4.89. The van der Waals surface area contributed by atoms with E-state index in [-0.39, 0.29) is 5.41 Å². The largest absolute Gasteiger partial charge is 0.508 e. The van der Waals surface area contributed by atoms with Gasteiger partial charge >= 0.3 is 0 Å². The van der Waals surface area contributed by atoms with Crippen molar-refractivity contribution in [2.45, 2.75) is 57.0 Å². The molecule has 3 aliphatic rings. The standard InChI is InChI=1S/C20H25BrO2/c1-19-8-6-16-15-5-3-14(22)12-13(15)2-4-17(16)18(19)7-9-20(19,23)10-11-21/h3,5,10-12,16-18,22-23H,2,4,6-9H2,1H3/b11-10+/t16-,17-,18+,19+,20+/m1/s1. The summed E-state index contributed by atoms with van der Waals surface area (Å²) < 4.78 is 0. The molecule has 3 heteroatoms. The molecule has 23 heavy (non-hydrogen) atoms. The highest BCUT2D eigenvalue weighted by Gasteiger charge is 2.60. The molecule has 0 amide bonds. The summed E-state index contributed by atoms with van der Waals surface area (Å²) in [7, 11) is 0. The van der Waals surface area contributed by atoms with Crippen LogP contribution < -0.4 is 0 Å². The first-order valence-corrected chi connectivity index (χ1v) is 9.72. The van der Waals surface area contributed by atoms with Gasteiger partial charge in [0.1, 0.15) is 5.75 Å². The van der Waals surface area contributed by atoms with Gasteiger partial charge in [-0.3, -0.25) is 0 Å². The first kappa shape index (κ1) is 15.7. The van der Waals surface area contributed by atoms with Crippen LogP contribution in [0.2, 0.25) is 0 Å². The second kappa shape index (κ2) is 5.35. The third kappa shape index (κ3) is 2.16. The Morgan fingerprint density at radius 3 is 2.83 bits per heavy atom. The Bertz CT molecular complexity index is 655. The molecule has 0 radical (unpaired) electrons. The molecular weight excluding hydrogens is 352 g/mol. The van der Waals surface area contributed by atoms with Gasteiger partial charge < -0.3 is 10.2 Å². The molecular formula is C20H25BrO2. The summed E-state index contributed by atoms with van der Waals surface area (Å²) in [6.45, 7) is 2.31. The van der Waals surface area contributed by atoms with E-state index < -0.39 is 5.60 Å². The molecule has 2 nitrogen and oxygen atoms in total. The lowest BCUT2D eigenvalue weighted by molar-refractivity contribution is -0.0708. The van der Waals surface area contributed by atoms with Crippen LogP contribution in [0.5, 0.6) is 5.75 Å². The summed E-state index contributed by atoms with van der Waals surface area (Å²) in [6, 6.07) is 5.94. The molecule has 0 aliphatic heterocycles. The Hall–Kier alpha value is -0.800. The molecule has 0 bridgehead atoms. The van der Waals surface area contributed by atoms with Gasteiger partial charge in [-0.15, -0.1) is 0 Å². The number of rotatable bonds is 1. The van der Waals surface area contributed by atoms with Gasteiger partial charge in [-0.05, 0) is 90.6 Å². The van der Waals surface area contributed by atoms with Crippen molar-refractivity contribution < 1.29 is 10.2 Å². The first-order valence-electron chi connectivity index (χ1n) is 8.80. The molecule has 4 rings (SSSR count). The van der Waals surface area contributed by atoms with Crippen LogP contribution in [0.25, 0.3) is 0 Å². The van der Waals surface area contributed by atoms with Gasteiger partial charge in [-0.25, -0.2) is 0 Å². The normalized spacial score (nSPS) is 42.3. The second-order valence-electron chi connectivity index (χ2n) is 8.01. The van der Waals surface area contributed by atoms with Crippen molar-refractivity contribution >= 4 is 15.9 Å². The van der Waals surface area contributed by atoms with E-state index in [1.54, 1.807) is 0 Å². The summed E-state index contributed by atoms with van der Waals surface area (Å²) >= 11 is 3.37. The fourth-order valence-electron chi connectivity index (χ4n) is 6.00. The molecule has 1 aromatic carbocycles. The van der Waals surface area contributed by atoms with E-state index in [0.717, 1.165) is 32.1 Å². The number of aromatic hydroxyl groups is 1. The minimum atomic E-state index is -0.665. The van der Waals surface area contributed by atoms with E-state index >= 15 is 0 Å². The molecule has 2 fully saturated rings. The third-order valence-electron chi connectivity index (χ3n) is 7.26. The molecule has 0 unspecified atom stereocenters. The number of hydrogen-bond acceptors (Lipinski definition) is 2. The number of benzene rings is 1. The molecule has 0 saturated heterocycles. The molecule has 2 saturated carbocycles. The van der Waals surface area contributed by atoms with Crippen LogP contribution in [0.3, 0.4) is 0 Å². The number of phenolic OH excluding ortho intramolecular Hbond substituents is 1. The minimum Gasteiger partial charge on any atom is -0.508 e. The molecule has 0 heterocycles. The lowest BCUT2D eigenvalue weighted by atomic mass is 9.53. The van der Waals surface area contributed by atoms with E-state index in [1.807, 2.05) is 23.2 Å². The van der Waals surface area contributed by atoms with E-state index in [1.165, 1.54) is 17.5 Å².